The van der Waals surface area contributed by atoms with E-state index < -0.39 is 28.2 Å². The molecule has 0 amide bonds. The molecule has 2 saturated heterocycles. The zero-order valence-electron chi connectivity index (χ0n) is 18.9. The van der Waals surface area contributed by atoms with Crippen LogP contribution in [0.3, 0.4) is 0 Å². The van der Waals surface area contributed by atoms with Crippen LogP contribution < -0.4 is 0 Å². The number of rotatable bonds is 9. The van der Waals surface area contributed by atoms with Gasteiger partial charge in [-0.05, 0) is 74.0 Å². The maximum absolute atomic E-state index is 13.2. The minimum Gasteiger partial charge on any atom is -0.481 e. The summed E-state index contributed by atoms with van der Waals surface area (Å²) < 4.78 is 11.5. The Morgan fingerprint density at radius 1 is 0.800 bits per heavy atom. The number of hydrogen-bond donors (Lipinski definition) is 2. The van der Waals surface area contributed by atoms with Crippen LogP contribution in [0.1, 0.15) is 85.5 Å². The highest BCUT2D eigenvalue weighted by atomic mass is 16.6. The van der Waals surface area contributed by atoms with Gasteiger partial charge in [-0.15, -0.1) is 0 Å². The lowest BCUT2D eigenvalue weighted by molar-refractivity contribution is -0.189. The van der Waals surface area contributed by atoms with E-state index in [2.05, 4.69) is 27.7 Å². The fraction of sp³-hybridized carbons (Fsp3) is 0.917. The van der Waals surface area contributed by atoms with Gasteiger partial charge in [0.15, 0.2) is 0 Å². The van der Waals surface area contributed by atoms with Gasteiger partial charge < -0.3 is 19.7 Å². The quantitative estimate of drug-likeness (QED) is 0.531. The molecule has 4 aliphatic rings. The summed E-state index contributed by atoms with van der Waals surface area (Å²) in [7, 11) is 0. The minimum atomic E-state index is -1.01. The molecule has 170 valence electrons. The summed E-state index contributed by atoms with van der Waals surface area (Å²) in [6, 6.07) is 0. The average Bonchev–Trinajstić information content (AvgIpc) is 3.56. The molecule has 0 radical (unpaired) electrons. The third kappa shape index (κ3) is 3.48. The Balaban J connectivity index is 1.69. The summed E-state index contributed by atoms with van der Waals surface area (Å²) in [5, 5.41) is 20.1. The molecule has 6 unspecified atom stereocenters. The first kappa shape index (κ1) is 22.1. The fourth-order valence-electron chi connectivity index (χ4n) is 7.45. The molecule has 2 aliphatic heterocycles. The Morgan fingerprint density at radius 3 is 1.63 bits per heavy atom. The van der Waals surface area contributed by atoms with E-state index in [4.69, 9.17) is 9.47 Å². The summed E-state index contributed by atoms with van der Waals surface area (Å²) in [4.78, 5) is 24.5. The van der Waals surface area contributed by atoms with Gasteiger partial charge in [0.05, 0.1) is 29.8 Å². The standard InChI is InChI=1S/C24H38O6/c1-22(2,14-7-9-16-18(12-14)29-16)24(21(27)28,11-5-6-20(25)26)23(3,4)15-8-10-17-19(13-15)30-17/h14-19H,5-13H2,1-4H3,(H,25,26)(H,27,28). The Kier molecular flexibility index (Phi) is 5.50. The number of carboxylic acid groups (broad SMARTS) is 2. The van der Waals surface area contributed by atoms with Gasteiger partial charge in [-0.1, -0.05) is 27.7 Å². The summed E-state index contributed by atoms with van der Waals surface area (Å²) in [6.07, 6.45) is 7.92. The molecule has 30 heavy (non-hydrogen) atoms. The Labute approximate surface area is 179 Å². The maximum Gasteiger partial charge on any atom is 0.310 e. The van der Waals surface area contributed by atoms with Crippen molar-refractivity contribution in [3.63, 3.8) is 0 Å². The monoisotopic (exact) mass is 422 g/mol. The van der Waals surface area contributed by atoms with E-state index in [0.717, 1.165) is 38.5 Å². The number of carbonyl (C=O) groups is 2. The molecule has 6 heteroatoms. The zero-order chi connectivity index (χ0) is 21.9. The van der Waals surface area contributed by atoms with Crippen LogP contribution in [-0.4, -0.2) is 46.6 Å². The molecule has 2 N–H and O–H groups in total. The van der Waals surface area contributed by atoms with Gasteiger partial charge in [-0.2, -0.15) is 0 Å². The van der Waals surface area contributed by atoms with Gasteiger partial charge in [0, 0.05) is 6.42 Å². The van der Waals surface area contributed by atoms with Gasteiger partial charge in [0.1, 0.15) is 0 Å². The first-order chi connectivity index (χ1) is 14.0. The third-order valence-corrected chi connectivity index (χ3v) is 9.56. The molecule has 6 atom stereocenters. The molecule has 0 aromatic rings. The second kappa shape index (κ2) is 7.47. The van der Waals surface area contributed by atoms with E-state index in [1.54, 1.807) is 0 Å². The lowest BCUT2D eigenvalue weighted by Crippen LogP contribution is -2.60. The fourth-order valence-corrected chi connectivity index (χ4v) is 7.45. The Morgan fingerprint density at radius 2 is 1.27 bits per heavy atom. The van der Waals surface area contributed by atoms with Crippen molar-refractivity contribution in [2.24, 2.45) is 28.1 Å². The van der Waals surface area contributed by atoms with E-state index in [1.165, 1.54) is 0 Å². The lowest BCUT2D eigenvalue weighted by atomic mass is 9.43. The molecule has 2 heterocycles. The van der Waals surface area contributed by atoms with Crippen molar-refractivity contribution in [2.45, 2.75) is 110 Å². The molecule has 2 saturated carbocycles. The number of ether oxygens (including phenoxy) is 2. The lowest BCUT2D eigenvalue weighted by Gasteiger charge is -2.59. The maximum atomic E-state index is 13.2. The van der Waals surface area contributed by atoms with E-state index in [0.29, 0.717) is 25.0 Å². The van der Waals surface area contributed by atoms with Crippen molar-refractivity contribution in [3.05, 3.63) is 0 Å². The van der Waals surface area contributed by atoms with Gasteiger partial charge >= 0.3 is 11.9 Å². The van der Waals surface area contributed by atoms with E-state index >= 15 is 0 Å². The average molecular weight is 423 g/mol. The van der Waals surface area contributed by atoms with Crippen molar-refractivity contribution < 1.29 is 29.3 Å². The van der Waals surface area contributed by atoms with Crippen LogP contribution in [-0.2, 0) is 19.1 Å². The van der Waals surface area contributed by atoms with Gasteiger partial charge in [0.25, 0.3) is 0 Å². The first-order valence-electron chi connectivity index (χ1n) is 11.8. The number of aliphatic carboxylic acids is 2. The van der Waals surface area contributed by atoms with Crippen LogP contribution in [0, 0.1) is 28.1 Å². The first-order valence-corrected chi connectivity index (χ1v) is 11.8. The Hall–Kier alpha value is -1.14. The summed E-state index contributed by atoms with van der Waals surface area (Å²) in [6.45, 7) is 8.54. The largest absolute Gasteiger partial charge is 0.481 e. The highest BCUT2D eigenvalue weighted by Crippen LogP contribution is 2.65. The summed E-state index contributed by atoms with van der Waals surface area (Å²) in [5.41, 5.74) is -1.95. The van der Waals surface area contributed by atoms with Gasteiger partial charge in [-0.25, -0.2) is 0 Å². The van der Waals surface area contributed by atoms with E-state index in [-0.39, 0.29) is 30.5 Å². The van der Waals surface area contributed by atoms with E-state index in [9.17, 15) is 19.8 Å². The smallest absolute Gasteiger partial charge is 0.310 e. The van der Waals surface area contributed by atoms with Gasteiger partial charge in [0.2, 0.25) is 0 Å². The van der Waals surface area contributed by atoms with Crippen molar-refractivity contribution in [1.29, 1.82) is 0 Å². The molecule has 4 rings (SSSR count). The summed E-state index contributed by atoms with van der Waals surface area (Å²) in [5.74, 6) is -1.10. The molecule has 0 aromatic carbocycles. The van der Waals surface area contributed by atoms with E-state index in [1.807, 2.05) is 0 Å². The van der Waals surface area contributed by atoms with Crippen molar-refractivity contribution in [3.8, 4) is 0 Å². The van der Waals surface area contributed by atoms with Crippen LogP contribution in [0.15, 0.2) is 0 Å². The Bertz CT molecular complexity index is 658. The SMILES string of the molecule is CC(C)(C1CCC2OC2C1)C(CCCC(=O)O)(C(=O)O)C(C)(C)C1CCC2OC2C1. The summed E-state index contributed by atoms with van der Waals surface area (Å²) >= 11 is 0. The van der Waals surface area contributed by atoms with Gasteiger partial charge in [-0.3, -0.25) is 9.59 Å². The van der Waals surface area contributed by atoms with Crippen LogP contribution >= 0.6 is 0 Å². The molecule has 0 bridgehead atoms. The highest BCUT2D eigenvalue weighted by Gasteiger charge is 2.66. The van der Waals surface area contributed by atoms with Crippen molar-refractivity contribution in [1.82, 2.24) is 0 Å². The van der Waals surface area contributed by atoms with Crippen molar-refractivity contribution in [2.75, 3.05) is 0 Å². The molecule has 4 fully saturated rings. The predicted molar refractivity (Wildman–Crippen MR) is 111 cm³/mol. The number of carboxylic acids is 2. The van der Waals surface area contributed by atoms with Crippen LogP contribution in [0.4, 0.5) is 0 Å². The number of epoxide rings is 2. The molecule has 6 nitrogen and oxygen atoms in total. The minimum absolute atomic E-state index is 0.0120. The second-order valence-corrected chi connectivity index (χ2v) is 11.3. The van der Waals surface area contributed by atoms with Crippen molar-refractivity contribution >= 4 is 11.9 Å². The number of hydrogen-bond acceptors (Lipinski definition) is 4. The topological polar surface area (TPSA) is 99.7 Å². The molecule has 2 aliphatic carbocycles. The molecule has 0 spiro atoms. The third-order valence-electron chi connectivity index (χ3n) is 9.56. The zero-order valence-corrected chi connectivity index (χ0v) is 18.9. The normalized spacial score (nSPS) is 37.5. The predicted octanol–water partition coefficient (Wildman–Crippen LogP) is 4.50. The van der Waals surface area contributed by atoms with Crippen LogP contribution in [0.5, 0.6) is 0 Å². The highest BCUT2D eigenvalue weighted by molar-refractivity contribution is 5.77. The second-order valence-electron chi connectivity index (χ2n) is 11.3. The van der Waals surface area contributed by atoms with Crippen LogP contribution in [0.25, 0.3) is 0 Å². The molecular formula is C24H38O6. The van der Waals surface area contributed by atoms with Crippen LogP contribution in [0.2, 0.25) is 0 Å². The molecule has 0 aromatic heterocycles. The number of fused-ring (bicyclic) bond motifs is 2. The molecular weight excluding hydrogens is 384 g/mol.